The molecule has 1 aromatic carbocycles. The highest BCUT2D eigenvalue weighted by Gasteiger charge is 2.62. The van der Waals surface area contributed by atoms with Crippen molar-refractivity contribution in [1.29, 1.82) is 0 Å². The van der Waals surface area contributed by atoms with Crippen molar-refractivity contribution in [2.24, 2.45) is 5.11 Å². The molecule has 1 amide bonds. The van der Waals surface area contributed by atoms with Crippen LogP contribution in [0.5, 0.6) is 0 Å². The first-order valence-electron chi connectivity index (χ1n) is 10.8. The number of carbonyl (C=O) groups excluding carboxylic acids is 1. The van der Waals surface area contributed by atoms with E-state index in [1.54, 1.807) is 26.0 Å². The Morgan fingerprint density at radius 3 is 2.23 bits per heavy atom. The van der Waals surface area contributed by atoms with Crippen molar-refractivity contribution in [3.63, 3.8) is 0 Å². The van der Waals surface area contributed by atoms with Crippen LogP contribution >= 0.6 is 0 Å². The van der Waals surface area contributed by atoms with Gasteiger partial charge in [0.05, 0.1) is 17.5 Å². The molecule has 2 fully saturated rings. The van der Waals surface area contributed by atoms with Gasteiger partial charge < -0.3 is 29.0 Å². The van der Waals surface area contributed by atoms with E-state index in [0.29, 0.717) is 0 Å². The maximum absolute atomic E-state index is 12.8. The van der Waals surface area contributed by atoms with Crippen LogP contribution in [0, 0.1) is 6.92 Å². The second-order valence-electron chi connectivity index (χ2n) is 8.51. The van der Waals surface area contributed by atoms with Gasteiger partial charge in [-0.3, -0.25) is 8.98 Å². The molecule has 0 aromatic heterocycles. The zero-order chi connectivity index (χ0) is 26.0. The van der Waals surface area contributed by atoms with Gasteiger partial charge in [-0.2, -0.15) is 8.42 Å². The van der Waals surface area contributed by atoms with E-state index in [1.807, 2.05) is 6.92 Å². The minimum atomic E-state index is -4.14. The summed E-state index contributed by atoms with van der Waals surface area (Å²) in [6.45, 7) is 5.79. The first kappa shape index (κ1) is 27.3. The van der Waals surface area contributed by atoms with Gasteiger partial charge in [0.15, 0.2) is 6.23 Å². The molecule has 194 valence electrons. The lowest BCUT2D eigenvalue weighted by Gasteiger charge is -2.57. The molecule has 35 heavy (non-hydrogen) atoms. The Hall–Kier alpha value is -2.29. The van der Waals surface area contributed by atoms with Crippen LogP contribution in [-0.4, -0.2) is 77.3 Å². The largest absolute Gasteiger partial charge is 0.361 e. The second-order valence-corrected chi connectivity index (χ2v) is 10.1. The van der Waals surface area contributed by atoms with Crippen molar-refractivity contribution < 1.29 is 41.1 Å². The molecule has 0 aliphatic carbocycles. The number of fused-ring (bicyclic) bond motifs is 1. The molecule has 14 heteroatoms. The number of methoxy groups -OCH3 is 2. The zero-order valence-corrected chi connectivity index (χ0v) is 21.1. The summed E-state index contributed by atoms with van der Waals surface area (Å²) in [5.41, 5.74) is 9.96. The molecule has 2 heterocycles. The maximum Gasteiger partial charge on any atom is 0.297 e. The van der Waals surface area contributed by atoms with Crippen molar-refractivity contribution >= 4 is 16.0 Å². The molecular weight excluding hydrogens is 484 g/mol. The third-order valence-electron chi connectivity index (χ3n) is 6.22. The Morgan fingerprint density at radius 2 is 1.71 bits per heavy atom. The predicted octanol–water partition coefficient (Wildman–Crippen LogP) is 1.75. The van der Waals surface area contributed by atoms with Crippen LogP contribution in [0.3, 0.4) is 0 Å². The van der Waals surface area contributed by atoms with Crippen LogP contribution in [0.4, 0.5) is 0 Å². The van der Waals surface area contributed by atoms with E-state index < -0.39 is 64.8 Å². The fourth-order valence-corrected chi connectivity index (χ4v) is 4.92. The second kappa shape index (κ2) is 10.4. The molecule has 1 N–H and O–H groups in total. The number of nitrogens with zero attached hydrogens (tertiary/aromatic N) is 3. The van der Waals surface area contributed by atoms with Crippen molar-refractivity contribution in [2.45, 2.75) is 74.7 Å². The number of carbonyl (C=O) groups is 1. The maximum atomic E-state index is 12.8. The van der Waals surface area contributed by atoms with Crippen LogP contribution in [-0.2, 0) is 42.8 Å². The fourth-order valence-electron chi connectivity index (χ4n) is 4.00. The van der Waals surface area contributed by atoms with Crippen LogP contribution < -0.4 is 5.32 Å². The summed E-state index contributed by atoms with van der Waals surface area (Å²) in [7, 11) is -1.35. The number of aryl methyl sites for hydroxylation is 1. The average Bonchev–Trinajstić information content (AvgIpc) is 2.81. The highest BCUT2D eigenvalue weighted by Crippen LogP contribution is 2.44. The Morgan fingerprint density at radius 1 is 1.14 bits per heavy atom. The lowest BCUT2D eigenvalue weighted by Crippen LogP contribution is -2.74. The van der Waals surface area contributed by atoms with Gasteiger partial charge in [0, 0.05) is 26.1 Å². The lowest BCUT2D eigenvalue weighted by molar-refractivity contribution is -0.466. The van der Waals surface area contributed by atoms with Crippen molar-refractivity contribution in [3.8, 4) is 0 Å². The van der Waals surface area contributed by atoms with E-state index in [1.165, 1.54) is 33.3 Å². The summed E-state index contributed by atoms with van der Waals surface area (Å²) in [5, 5.41) is 6.29. The van der Waals surface area contributed by atoms with Crippen LogP contribution in [0.1, 0.15) is 26.3 Å². The van der Waals surface area contributed by atoms with E-state index >= 15 is 0 Å². The lowest BCUT2D eigenvalue weighted by atomic mass is 9.92. The molecule has 2 aliphatic heterocycles. The first-order valence-corrected chi connectivity index (χ1v) is 12.2. The zero-order valence-electron chi connectivity index (χ0n) is 20.3. The van der Waals surface area contributed by atoms with Gasteiger partial charge in [0.1, 0.15) is 18.3 Å². The minimum absolute atomic E-state index is 0.0346. The molecule has 3 rings (SSSR count). The quantitative estimate of drug-likeness (QED) is 0.235. The van der Waals surface area contributed by atoms with Gasteiger partial charge in [0.2, 0.25) is 17.5 Å². The predicted molar refractivity (Wildman–Crippen MR) is 120 cm³/mol. The third kappa shape index (κ3) is 5.44. The van der Waals surface area contributed by atoms with Gasteiger partial charge >= 0.3 is 0 Å². The van der Waals surface area contributed by atoms with Gasteiger partial charge in [0.25, 0.3) is 10.1 Å². The Kier molecular flexibility index (Phi) is 8.09. The van der Waals surface area contributed by atoms with E-state index in [4.69, 9.17) is 33.4 Å². The molecule has 0 unspecified atom stereocenters. The summed E-state index contributed by atoms with van der Waals surface area (Å²) < 4.78 is 60.2. The number of azide groups is 1. The SMILES string of the molecule is CO[C@@]1(C)O[C@@H]2[C@@H](NC(C)=O)[C@H](N=[N+]=[N-])O[C@H](COS(=O)(=O)c3ccc(C)cc3)[C@H]2O[C@]1(C)OC. The van der Waals surface area contributed by atoms with Crippen LogP contribution in [0.25, 0.3) is 10.4 Å². The van der Waals surface area contributed by atoms with Crippen LogP contribution in [0.15, 0.2) is 34.3 Å². The van der Waals surface area contributed by atoms with E-state index in [0.717, 1.165) is 5.56 Å². The van der Waals surface area contributed by atoms with Crippen LogP contribution in [0.2, 0.25) is 0 Å². The first-order chi connectivity index (χ1) is 16.4. The number of rotatable bonds is 8. The molecule has 0 saturated carbocycles. The fraction of sp³-hybridized carbons (Fsp3) is 0.667. The van der Waals surface area contributed by atoms with Gasteiger partial charge in [-0.15, -0.1) is 0 Å². The van der Waals surface area contributed by atoms with Gasteiger partial charge in [-0.1, -0.05) is 22.8 Å². The number of benzene rings is 1. The minimum Gasteiger partial charge on any atom is -0.361 e. The van der Waals surface area contributed by atoms with E-state index in [-0.39, 0.29) is 4.90 Å². The highest BCUT2D eigenvalue weighted by atomic mass is 32.2. The molecule has 13 nitrogen and oxygen atoms in total. The normalized spacial score (nSPS) is 35.0. The Labute approximate surface area is 203 Å². The number of hydrogen-bond acceptors (Lipinski definition) is 10. The van der Waals surface area contributed by atoms with Gasteiger partial charge in [-0.05, 0) is 38.4 Å². The number of ether oxygens (including phenoxy) is 5. The molecule has 2 saturated heterocycles. The Balaban J connectivity index is 1.95. The van der Waals surface area contributed by atoms with E-state index in [2.05, 4.69) is 15.3 Å². The molecule has 2 aliphatic rings. The monoisotopic (exact) mass is 514 g/mol. The molecule has 0 radical (unpaired) electrons. The molecule has 1 aromatic rings. The smallest absolute Gasteiger partial charge is 0.297 e. The molecule has 7 atom stereocenters. The third-order valence-corrected chi connectivity index (χ3v) is 7.52. The number of hydrogen-bond donors (Lipinski definition) is 1. The summed E-state index contributed by atoms with van der Waals surface area (Å²) in [5.74, 6) is -3.33. The Bertz CT molecular complexity index is 1080. The number of amides is 1. The summed E-state index contributed by atoms with van der Waals surface area (Å²) in [6, 6.07) is 5.17. The summed E-state index contributed by atoms with van der Waals surface area (Å²) in [6.07, 6.45) is -4.32. The van der Waals surface area contributed by atoms with Gasteiger partial charge in [-0.25, -0.2) is 0 Å². The summed E-state index contributed by atoms with van der Waals surface area (Å²) in [4.78, 5) is 14.7. The number of nitrogens with one attached hydrogen (secondary N) is 1. The van der Waals surface area contributed by atoms with Crippen molar-refractivity contribution in [2.75, 3.05) is 20.8 Å². The highest BCUT2D eigenvalue weighted by molar-refractivity contribution is 7.86. The molecule has 0 bridgehead atoms. The average molecular weight is 515 g/mol. The molecule has 0 spiro atoms. The van der Waals surface area contributed by atoms with E-state index in [9.17, 15) is 13.2 Å². The topological polar surface area (TPSA) is 167 Å². The van der Waals surface area contributed by atoms with Crippen molar-refractivity contribution in [1.82, 2.24) is 5.32 Å². The standard InChI is InChI=1S/C21H30N4O9S/c1-12-7-9-14(10-8-12)35(27,28)31-11-15-17-18(16(23-13(2)26)19(32-15)24-25-22)34-21(4,30-6)20(3,29-5)33-17/h7-10,15-19H,11H2,1-6H3,(H,23,26)/t15-,16-,17-,18-,19-,20+,21+/m1/s1. The molecular formula is C21H30N4O9S. The van der Waals surface area contributed by atoms with Crippen molar-refractivity contribution in [3.05, 3.63) is 40.3 Å². The summed E-state index contributed by atoms with van der Waals surface area (Å²) >= 11 is 0.